The second kappa shape index (κ2) is 7.93. The highest BCUT2D eigenvalue weighted by molar-refractivity contribution is 7.85. The molecule has 0 saturated heterocycles. The molecule has 2 aromatic carbocycles. The number of benzene rings is 2. The number of carbonyl (C=O) groups excluding carboxylic acids is 1. The van der Waals surface area contributed by atoms with E-state index in [1.807, 2.05) is 36.4 Å². The van der Waals surface area contributed by atoms with E-state index in [9.17, 15) is 17.8 Å². The summed E-state index contributed by atoms with van der Waals surface area (Å²) in [6.45, 7) is 0. The van der Waals surface area contributed by atoms with Crippen LogP contribution in [0.15, 0.2) is 76.7 Å². The summed E-state index contributed by atoms with van der Waals surface area (Å²) in [4.78, 5) is 11.5. The van der Waals surface area contributed by atoms with E-state index in [4.69, 9.17) is 10.5 Å². The first-order valence-corrected chi connectivity index (χ1v) is 10.9. The summed E-state index contributed by atoms with van der Waals surface area (Å²) in [5.41, 5.74) is 8.15. The van der Waals surface area contributed by atoms with Gasteiger partial charge < -0.3 is 10.5 Å². The summed E-state index contributed by atoms with van der Waals surface area (Å²) in [5, 5.41) is 2.02. The van der Waals surface area contributed by atoms with E-state index in [-0.39, 0.29) is 23.3 Å². The van der Waals surface area contributed by atoms with Gasteiger partial charge in [0.25, 0.3) is 10.1 Å². The maximum Gasteiger partial charge on any atom is 0.294 e. The van der Waals surface area contributed by atoms with Crippen LogP contribution in [0.3, 0.4) is 0 Å². The van der Waals surface area contributed by atoms with Gasteiger partial charge in [-0.3, -0.25) is 9.35 Å². The second-order valence-corrected chi connectivity index (χ2v) is 8.81. The Morgan fingerprint density at radius 1 is 1.07 bits per heavy atom. The molecule has 7 heteroatoms. The van der Waals surface area contributed by atoms with Crippen LogP contribution in [0.4, 0.5) is 0 Å². The third-order valence-corrected chi connectivity index (χ3v) is 6.21. The molecular weight excluding hydrogens is 402 g/mol. The second-order valence-electron chi connectivity index (χ2n) is 7.39. The van der Waals surface area contributed by atoms with Crippen molar-refractivity contribution in [2.24, 2.45) is 11.7 Å². The summed E-state index contributed by atoms with van der Waals surface area (Å²) in [5.74, 6) is -0.528. The molecule has 3 N–H and O–H groups in total. The van der Waals surface area contributed by atoms with Gasteiger partial charge in [-0.1, -0.05) is 54.1 Å². The topological polar surface area (TPSA) is 107 Å². The maximum absolute atomic E-state index is 11.7. The average molecular weight is 423 g/mol. The zero-order valence-electron chi connectivity index (χ0n) is 16.1. The fraction of sp³-hybridized carbons (Fsp3) is 0.174. The molecule has 1 heterocycles. The number of rotatable bonds is 5. The number of carbonyl (C=O) groups is 1. The van der Waals surface area contributed by atoms with Crippen molar-refractivity contribution in [3.8, 4) is 0 Å². The highest BCUT2D eigenvalue weighted by Crippen LogP contribution is 2.33. The van der Waals surface area contributed by atoms with Crippen molar-refractivity contribution in [3.63, 3.8) is 0 Å². The fourth-order valence-corrected chi connectivity index (χ4v) is 4.36. The summed E-state index contributed by atoms with van der Waals surface area (Å²) < 4.78 is 37.8. The largest absolute Gasteiger partial charge is 0.492 e. The molecule has 2 aromatic rings. The molecule has 1 aliphatic heterocycles. The minimum Gasteiger partial charge on any atom is -0.492 e. The van der Waals surface area contributed by atoms with Gasteiger partial charge in [0, 0.05) is 11.1 Å². The van der Waals surface area contributed by atoms with E-state index >= 15 is 0 Å². The fourth-order valence-electron chi connectivity index (χ4n) is 3.88. The lowest BCUT2D eigenvalue weighted by atomic mass is 9.80. The third-order valence-electron chi connectivity index (χ3n) is 5.34. The van der Waals surface area contributed by atoms with Gasteiger partial charge in [0.2, 0.25) is 5.91 Å². The SMILES string of the molecule is NC(=O)CC1=C(Cc2ccc(S(=O)(=O)O)cc2)C2C=c3ccccc3=COC2C=C1. The monoisotopic (exact) mass is 423 g/mol. The number of primary amides is 1. The van der Waals surface area contributed by atoms with Gasteiger partial charge in [-0.25, -0.2) is 0 Å². The number of allylic oxidation sites excluding steroid dienone is 1. The van der Waals surface area contributed by atoms with Gasteiger partial charge in [0.15, 0.2) is 0 Å². The molecule has 1 aliphatic carbocycles. The lowest BCUT2D eigenvalue weighted by Gasteiger charge is -2.29. The van der Waals surface area contributed by atoms with Crippen molar-refractivity contribution in [2.45, 2.75) is 23.8 Å². The third kappa shape index (κ3) is 4.22. The van der Waals surface area contributed by atoms with Gasteiger partial charge in [-0.05, 0) is 41.0 Å². The zero-order chi connectivity index (χ0) is 21.3. The lowest BCUT2D eigenvalue weighted by Crippen LogP contribution is -2.28. The van der Waals surface area contributed by atoms with Crippen molar-refractivity contribution in [1.29, 1.82) is 0 Å². The van der Waals surface area contributed by atoms with Crippen LogP contribution in [0.25, 0.3) is 12.3 Å². The van der Waals surface area contributed by atoms with Crippen LogP contribution >= 0.6 is 0 Å². The van der Waals surface area contributed by atoms with Gasteiger partial charge in [-0.15, -0.1) is 0 Å². The van der Waals surface area contributed by atoms with Crippen LogP contribution in [0.5, 0.6) is 0 Å². The first-order valence-electron chi connectivity index (χ1n) is 9.49. The molecule has 6 nitrogen and oxygen atoms in total. The number of amides is 1. The summed E-state index contributed by atoms with van der Waals surface area (Å²) in [6.07, 6.45) is 8.08. The highest BCUT2D eigenvalue weighted by Gasteiger charge is 2.29. The molecule has 0 spiro atoms. The van der Waals surface area contributed by atoms with E-state index < -0.39 is 16.0 Å². The molecular formula is C23H21NO5S. The molecule has 2 unspecified atom stereocenters. The predicted molar refractivity (Wildman–Crippen MR) is 113 cm³/mol. The average Bonchev–Trinajstić information content (AvgIpc) is 2.89. The summed E-state index contributed by atoms with van der Waals surface area (Å²) in [7, 11) is -4.25. The van der Waals surface area contributed by atoms with Crippen molar-refractivity contribution in [2.75, 3.05) is 0 Å². The van der Waals surface area contributed by atoms with Crippen LogP contribution < -0.4 is 16.2 Å². The summed E-state index contributed by atoms with van der Waals surface area (Å²) in [6, 6.07) is 14.0. The molecule has 154 valence electrons. The molecule has 0 radical (unpaired) electrons. The molecule has 2 atom stereocenters. The Hall–Kier alpha value is -3.16. The molecule has 0 fully saturated rings. The Bertz CT molecular complexity index is 1270. The Labute approximate surface area is 174 Å². The maximum atomic E-state index is 11.7. The van der Waals surface area contributed by atoms with Crippen LogP contribution in [0.2, 0.25) is 0 Å². The molecule has 0 aromatic heterocycles. The number of nitrogens with two attached hydrogens (primary N) is 1. The minimum atomic E-state index is -4.25. The van der Waals surface area contributed by atoms with Crippen LogP contribution in [0.1, 0.15) is 12.0 Å². The molecule has 4 rings (SSSR count). The molecule has 1 amide bonds. The van der Waals surface area contributed by atoms with Gasteiger partial charge in [-0.2, -0.15) is 8.42 Å². The van der Waals surface area contributed by atoms with E-state index in [0.717, 1.165) is 27.1 Å². The number of hydrogen-bond donors (Lipinski definition) is 2. The zero-order valence-corrected chi connectivity index (χ0v) is 16.9. The summed E-state index contributed by atoms with van der Waals surface area (Å²) >= 11 is 0. The lowest BCUT2D eigenvalue weighted by molar-refractivity contribution is -0.117. The quantitative estimate of drug-likeness (QED) is 0.708. The Morgan fingerprint density at radius 2 is 1.77 bits per heavy atom. The van der Waals surface area contributed by atoms with E-state index in [0.29, 0.717) is 6.42 Å². The van der Waals surface area contributed by atoms with Gasteiger partial charge >= 0.3 is 0 Å². The number of ether oxygens (including phenoxy) is 1. The number of fused-ring (bicyclic) bond motifs is 2. The number of hydrogen-bond acceptors (Lipinski definition) is 4. The van der Waals surface area contributed by atoms with Crippen LogP contribution in [-0.4, -0.2) is 25.0 Å². The Balaban J connectivity index is 1.78. The van der Waals surface area contributed by atoms with Crippen molar-refractivity contribution >= 4 is 28.4 Å². The smallest absolute Gasteiger partial charge is 0.294 e. The van der Waals surface area contributed by atoms with Crippen LogP contribution in [0, 0.1) is 5.92 Å². The van der Waals surface area contributed by atoms with E-state index in [1.165, 1.54) is 12.1 Å². The molecule has 0 bridgehead atoms. The van der Waals surface area contributed by atoms with Crippen molar-refractivity contribution < 1.29 is 22.5 Å². The van der Waals surface area contributed by atoms with Crippen molar-refractivity contribution in [1.82, 2.24) is 0 Å². The van der Waals surface area contributed by atoms with Gasteiger partial charge in [0.1, 0.15) is 6.10 Å². The van der Waals surface area contributed by atoms with Crippen LogP contribution in [-0.2, 0) is 26.1 Å². The van der Waals surface area contributed by atoms with E-state index in [1.54, 1.807) is 18.4 Å². The Kier molecular flexibility index (Phi) is 5.32. The minimum absolute atomic E-state index is 0.106. The van der Waals surface area contributed by atoms with E-state index in [2.05, 4.69) is 6.08 Å². The normalized spacial score (nSPS) is 20.2. The van der Waals surface area contributed by atoms with Crippen molar-refractivity contribution in [3.05, 3.63) is 87.8 Å². The standard InChI is InChI=1S/C23H21NO5S/c24-23(25)13-17-7-10-22-21(12-16-3-1-2-4-18(16)14-29-22)20(17)11-15-5-8-19(9-6-15)30(26,27)28/h1-10,12,14,21-22H,11,13H2,(H2,24,25)(H,26,27,28). The molecule has 0 saturated carbocycles. The van der Waals surface area contributed by atoms with Gasteiger partial charge in [0.05, 0.1) is 17.6 Å². The first kappa shape index (κ1) is 20.1. The Morgan fingerprint density at radius 3 is 2.43 bits per heavy atom. The molecule has 2 aliphatic rings. The molecule has 30 heavy (non-hydrogen) atoms. The first-order chi connectivity index (χ1) is 14.3. The predicted octanol–water partition coefficient (Wildman–Crippen LogP) is 1.45. The highest BCUT2D eigenvalue weighted by atomic mass is 32.2.